The summed E-state index contributed by atoms with van der Waals surface area (Å²) >= 11 is 0. The molecule has 26 heteroatoms. The third-order valence-corrected chi connectivity index (χ3v) is 13.0. The van der Waals surface area contributed by atoms with Gasteiger partial charge in [0.25, 0.3) is 0 Å². The third-order valence-electron chi connectivity index (χ3n) is 11.7. The van der Waals surface area contributed by atoms with Gasteiger partial charge in [-0.3, -0.25) is 54.3 Å². The topological polar surface area (TPSA) is 419 Å². The second kappa shape index (κ2) is 40.7. The number of sulfonamides is 1. The number of nitrogens with one attached hydrogen (secondary N) is 10. The van der Waals surface area contributed by atoms with E-state index in [-0.39, 0.29) is 57.5 Å². The molecular formula is C46H90N12O13S. The maximum atomic E-state index is 13.3. The van der Waals surface area contributed by atoms with Gasteiger partial charge in [-0.15, -0.1) is 0 Å². The van der Waals surface area contributed by atoms with E-state index < -0.39 is 120 Å². The number of carbonyl (C=O) groups excluding carboxylic acids is 7. The van der Waals surface area contributed by atoms with Crippen molar-refractivity contribution in [2.45, 2.75) is 204 Å². The molecule has 72 heavy (non-hydrogen) atoms. The quantitative estimate of drug-likeness (QED) is 0.0139. The minimum atomic E-state index is -4.01. The Morgan fingerprint density at radius 1 is 0.542 bits per heavy atom. The fourth-order valence-corrected chi connectivity index (χ4v) is 8.54. The third kappa shape index (κ3) is 33.8. The van der Waals surface area contributed by atoms with Crippen molar-refractivity contribution < 1.29 is 62.4 Å². The summed E-state index contributed by atoms with van der Waals surface area (Å²) in [4.78, 5) is 88.1. The highest BCUT2D eigenvalue weighted by Gasteiger charge is 2.33. The summed E-state index contributed by atoms with van der Waals surface area (Å²) in [5.41, 5.74) is 10.7. The first-order valence-corrected chi connectivity index (χ1v) is 27.3. The highest BCUT2D eigenvalue weighted by atomic mass is 32.2. The second-order valence-electron chi connectivity index (χ2n) is 18.0. The minimum absolute atomic E-state index is 0.00606. The molecule has 25 nitrogen and oxygen atoms in total. The number of nitrogens with two attached hydrogens (primary N) is 2. The van der Waals surface area contributed by atoms with Gasteiger partial charge in [-0.25, -0.2) is 8.42 Å². The molecule has 0 aromatic rings. The van der Waals surface area contributed by atoms with Crippen LogP contribution < -0.4 is 58.7 Å². The molecule has 418 valence electrons. The van der Waals surface area contributed by atoms with Crippen LogP contribution in [0.3, 0.4) is 0 Å². The van der Waals surface area contributed by atoms with Crippen LogP contribution in [0.2, 0.25) is 0 Å². The van der Waals surface area contributed by atoms with E-state index in [9.17, 15) is 62.4 Å². The number of rotatable bonds is 45. The van der Waals surface area contributed by atoms with Crippen molar-refractivity contribution in [3.63, 3.8) is 0 Å². The molecule has 7 atom stereocenters. The Morgan fingerprint density at radius 2 is 1.08 bits per heavy atom. The zero-order valence-electron chi connectivity index (χ0n) is 42.9. The molecule has 0 bridgehead atoms. The lowest BCUT2D eigenvalue weighted by molar-refractivity contribution is -0.132. The van der Waals surface area contributed by atoms with Gasteiger partial charge >= 0.3 is 0 Å². The number of hydrogen-bond acceptors (Lipinski definition) is 16. The molecule has 0 spiro atoms. The highest BCUT2D eigenvalue weighted by molar-refractivity contribution is 7.90. The Morgan fingerprint density at radius 3 is 1.62 bits per heavy atom. The molecular weight excluding hydrogens is 961 g/mol. The van der Waals surface area contributed by atoms with Crippen molar-refractivity contribution in [2.75, 3.05) is 39.1 Å². The van der Waals surface area contributed by atoms with Crippen molar-refractivity contribution in [3.8, 4) is 0 Å². The van der Waals surface area contributed by atoms with Crippen molar-refractivity contribution >= 4 is 57.3 Å². The van der Waals surface area contributed by atoms with Crippen LogP contribution in [-0.2, 0) is 43.6 Å². The first-order chi connectivity index (χ1) is 34.2. The molecule has 0 radical (unpaired) electrons. The van der Waals surface area contributed by atoms with E-state index in [1.54, 1.807) is 0 Å². The Labute approximate surface area is 426 Å². The normalized spacial score (nSPS) is 14.3. The molecule has 0 saturated carbocycles. The SMILES string of the molecule is CCCCCCCCCCCCCCCC(=O)NS(=O)(=O)CCCC(=O)NCC(=O)NC(CO)C(=O)N[C@@H](CCC(N)=O)C(O)N[C@@H](CCCNC(=N)N)C(O)NC(CO)C(=O)N[C@@H](CCCC)C(=O)NC. The van der Waals surface area contributed by atoms with Gasteiger partial charge in [-0.1, -0.05) is 104 Å². The first kappa shape index (κ1) is 67.3. The lowest BCUT2D eigenvalue weighted by Gasteiger charge is -2.33. The van der Waals surface area contributed by atoms with E-state index in [4.69, 9.17) is 16.9 Å². The summed E-state index contributed by atoms with van der Waals surface area (Å²) in [6.07, 6.45) is 12.0. The zero-order valence-corrected chi connectivity index (χ0v) is 43.7. The number of primary amides is 1. The predicted octanol–water partition coefficient (Wildman–Crippen LogP) is -1.73. The predicted molar refractivity (Wildman–Crippen MR) is 271 cm³/mol. The molecule has 0 aromatic carbocycles. The lowest BCUT2D eigenvalue weighted by atomic mass is 10.0. The van der Waals surface area contributed by atoms with Crippen LogP contribution in [0.25, 0.3) is 0 Å². The van der Waals surface area contributed by atoms with Crippen LogP contribution in [0.1, 0.15) is 162 Å². The number of aliphatic hydroxyl groups excluding tert-OH is 4. The van der Waals surface area contributed by atoms with Crippen LogP contribution in [0.15, 0.2) is 0 Å². The summed E-state index contributed by atoms with van der Waals surface area (Å²) in [5.74, 6) is -6.26. The number of hydrogen-bond donors (Lipinski definition) is 16. The van der Waals surface area contributed by atoms with Crippen LogP contribution in [0.5, 0.6) is 0 Å². The second-order valence-corrected chi connectivity index (χ2v) is 19.8. The molecule has 0 aromatic heterocycles. The number of likely N-dealkylation sites (N-methyl/N-ethyl adjacent to an activating group) is 1. The van der Waals surface area contributed by atoms with Gasteiger partial charge in [0.15, 0.2) is 5.96 Å². The van der Waals surface area contributed by atoms with Gasteiger partial charge in [-0.2, -0.15) is 0 Å². The average Bonchev–Trinajstić information content (AvgIpc) is 3.33. The molecule has 0 aliphatic heterocycles. The van der Waals surface area contributed by atoms with Crippen molar-refractivity contribution in [3.05, 3.63) is 0 Å². The standard InChI is InChI=1S/C46H90N12O13S/c1-4-6-8-9-10-11-12-13-14-15-16-17-18-23-39(63)58-72(70,71)28-20-24-38(62)52-29-40(64)53-35(30-59)44(68)56-34(25-26-37(47)61)43(67)55-33(22-19-27-51-46(48)49)42(66)57-36(31-60)45(69)54-32(21-7-5-2)41(65)50-3/h32-36,42-43,55,57,59-60,66-67H,4-31H2,1-3H3,(H2,47,61)(H,50,65)(H,52,62)(H,53,64)(H,54,69)(H,56,68)(H,58,63)(H4,48,49,51)/t32-,33-,34-,35?,36?,42?,43?/m0/s1. The lowest BCUT2D eigenvalue weighted by Crippen LogP contribution is -2.62. The molecule has 0 aliphatic rings. The van der Waals surface area contributed by atoms with E-state index in [0.717, 1.165) is 32.1 Å². The van der Waals surface area contributed by atoms with E-state index in [1.807, 2.05) is 11.6 Å². The zero-order chi connectivity index (χ0) is 54.3. The molecule has 7 amide bonds. The van der Waals surface area contributed by atoms with Gasteiger partial charge in [0, 0.05) is 38.9 Å². The van der Waals surface area contributed by atoms with Crippen molar-refractivity contribution in [1.29, 1.82) is 5.41 Å². The maximum absolute atomic E-state index is 13.3. The summed E-state index contributed by atoms with van der Waals surface area (Å²) in [6.45, 7) is 1.78. The molecule has 0 rings (SSSR count). The van der Waals surface area contributed by atoms with Gasteiger partial charge < -0.3 is 63.8 Å². The summed E-state index contributed by atoms with van der Waals surface area (Å²) in [5, 5.41) is 70.0. The van der Waals surface area contributed by atoms with Gasteiger partial charge in [0.2, 0.25) is 51.4 Å². The Kier molecular flexibility index (Phi) is 38.0. The van der Waals surface area contributed by atoms with Crippen LogP contribution >= 0.6 is 0 Å². The Balaban J connectivity index is 5.30. The Bertz CT molecular complexity index is 1720. The van der Waals surface area contributed by atoms with Crippen LogP contribution in [0.4, 0.5) is 0 Å². The summed E-state index contributed by atoms with van der Waals surface area (Å²) in [6, 6.07) is -6.57. The largest absolute Gasteiger partial charge is 0.394 e. The van der Waals surface area contributed by atoms with Crippen LogP contribution in [-0.4, -0.2) is 158 Å². The monoisotopic (exact) mass is 1050 g/mol. The fraction of sp³-hybridized carbons (Fsp3) is 0.826. The molecule has 4 unspecified atom stereocenters. The molecule has 0 aliphatic carbocycles. The first-order valence-electron chi connectivity index (χ1n) is 25.6. The van der Waals surface area contributed by atoms with Crippen LogP contribution in [0, 0.1) is 5.41 Å². The number of carbonyl (C=O) groups is 7. The molecule has 18 N–H and O–H groups in total. The smallest absolute Gasteiger partial charge is 0.245 e. The van der Waals surface area contributed by atoms with E-state index in [0.29, 0.717) is 19.3 Å². The fourth-order valence-electron chi connectivity index (χ4n) is 7.47. The summed E-state index contributed by atoms with van der Waals surface area (Å²) in [7, 11) is -2.61. The van der Waals surface area contributed by atoms with Crippen molar-refractivity contribution in [1.82, 2.24) is 47.3 Å². The van der Waals surface area contributed by atoms with Gasteiger partial charge in [0.05, 0.1) is 31.6 Å². The highest BCUT2D eigenvalue weighted by Crippen LogP contribution is 2.14. The number of aliphatic hydroxyl groups is 4. The molecule has 0 saturated heterocycles. The maximum Gasteiger partial charge on any atom is 0.245 e. The van der Waals surface area contributed by atoms with E-state index in [2.05, 4.69) is 49.5 Å². The molecule has 0 fully saturated rings. The van der Waals surface area contributed by atoms with Crippen molar-refractivity contribution in [2.24, 2.45) is 11.5 Å². The number of guanidine groups is 1. The van der Waals surface area contributed by atoms with Gasteiger partial charge in [-0.05, 0) is 38.5 Å². The average molecular weight is 1050 g/mol. The number of unbranched alkanes of at least 4 members (excludes halogenated alkanes) is 13. The molecule has 0 heterocycles. The van der Waals surface area contributed by atoms with E-state index in [1.165, 1.54) is 58.4 Å². The van der Waals surface area contributed by atoms with E-state index >= 15 is 0 Å². The Hall–Kier alpha value is -4.73. The minimum Gasteiger partial charge on any atom is -0.394 e. The number of amides is 7. The summed E-state index contributed by atoms with van der Waals surface area (Å²) < 4.78 is 26.9. The van der Waals surface area contributed by atoms with Gasteiger partial charge in [0.1, 0.15) is 30.6 Å².